The van der Waals surface area contributed by atoms with Gasteiger partial charge in [0.05, 0.1) is 11.7 Å². The molecule has 1 unspecified atom stereocenters. The third kappa shape index (κ3) is 3.12. The van der Waals surface area contributed by atoms with Crippen LogP contribution in [0.4, 0.5) is 4.39 Å². The lowest BCUT2D eigenvalue weighted by Crippen LogP contribution is -2.24. The predicted molar refractivity (Wildman–Crippen MR) is 85.7 cm³/mol. The van der Waals surface area contributed by atoms with Crippen LogP contribution in [0.2, 0.25) is 5.02 Å². The average Bonchev–Trinajstić information content (AvgIpc) is 3.02. The van der Waals surface area contributed by atoms with E-state index in [0.717, 1.165) is 30.8 Å². The summed E-state index contributed by atoms with van der Waals surface area (Å²) >= 11 is 7.57. The van der Waals surface area contributed by atoms with E-state index in [-0.39, 0.29) is 11.9 Å². The number of nitrogens with zero attached hydrogens (tertiary/aromatic N) is 1. The fraction of sp³-hybridized carbons (Fsp3) is 0.438. The molecule has 0 radical (unpaired) electrons. The lowest BCUT2D eigenvalue weighted by molar-refractivity contribution is 0.544. The van der Waals surface area contributed by atoms with Gasteiger partial charge < -0.3 is 5.32 Å². The van der Waals surface area contributed by atoms with Gasteiger partial charge in [0.15, 0.2) is 0 Å². The number of rotatable bonds is 5. The highest BCUT2D eigenvalue weighted by Crippen LogP contribution is 2.34. The molecule has 0 spiro atoms. The predicted octanol–water partition coefficient (Wildman–Crippen LogP) is 4.51. The van der Waals surface area contributed by atoms with Crippen LogP contribution in [0.3, 0.4) is 0 Å². The van der Waals surface area contributed by atoms with E-state index >= 15 is 0 Å². The molecule has 1 atom stereocenters. The fourth-order valence-electron chi connectivity index (χ4n) is 2.69. The van der Waals surface area contributed by atoms with Crippen LogP contribution in [0.15, 0.2) is 18.2 Å². The van der Waals surface area contributed by atoms with Gasteiger partial charge in [0.25, 0.3) is 0 Å². The van der Waals surface area contributed by atoms with E-state index in [1.54, 1.807) is 23.5 Å². The van der Waals surface area contributed by atoms with Crippen LogP contribution in [-0.2, 0) is 12.8 Å². The topological polar surface area (TPSA) is 24.9 Å². The molecule has 21 heavy (non-hydrogen) atoms. The molecule has 1 aromatic carbocycles. The van der Waals surface area contributed by atoms with Crippen LogP contribution < -0.4 is 5.32 Å². The zero-order valence-corrected chi connectivity index (χ0v) is 13.5. The Morgan fingerprint density at radius 3 is 3.00 bits per heavy atom. The maximum Gasteiger partial charge on any atom is 0.129 e. The Labute approximate surface area is 133 Å². The van der Waals surface area contributed by atoms with E-state index in [4.69, 9.17) is 16.6 Å². The van der Waals surface area contributed by atoms with E-state index in [1.165, 1.54) is 23.1 Å². The molecule has 3 rings (SSSR count). The standard InChI is InChI=1S/C16H18ClFN2S/c1-2-8-19-15(11-7-6-10(17)9-12(11)18)16-20-13-4-3-5-14(13)21-16/h6-7,9,15,19H,2-5,8H2,1H3. The zero-order valence-electron chi connectivity index (χ0n) is 12.0. The normalized spacial score (nSPS) is 15.2. The summed E-state index contributed by atoms with van der Waals surface area (Å²) in [5.41, 5.74) is 1.83. The van der Waals surface area contributed by atoms with Crippen molar-refractivity contribution in [1.29, 1.82) is 0 Å². The number of aromatic nitrogens is 1. The summed E-state index contributed by atoms with van der Waals surface area (Å²) in [4.78, 5) is 6.10. The highest BCUT2D eigenvalue weighted by molar-refractivity contribution is 7.11. The third-order valence-electron chi connectivity index (χ3n) is 3.73. The Morgan fingerprint density at radius 1 is 1.43 bits per heavy atom. The Balaban J connectivity index is 1.96. The van der Waals surface area contributed by atoms with Crippen LogP contribution in [0.1, 0.15) is 46.9 Å². The fourth-order valence-corrected chi connectivity index (χ4v) is 4.10. The molecule has 1 N–H and O–H groups in total. The first-order valence-electron chi connectivity index (χ1n) is 7.36. The molecular formula is C16H18ClFN2S. The maximum absolute atomic E-state index is 14.3. The molecule has 0 fully saturated rings. The number of hydrogen-bond donors (Lipinski definition) is 1. The van der Waals surface area contributed by atoms with Crippen LogP contribution in [0.25, 0.3) is 0 Å². The van der Waals surface area contributed by atoms with Crippen molar-refractivity contribution >= 4 is 22.9 Å². The molecule has 2 nitrogen and oxygen atoms in total. The molecule has 0 aliphatic heterocycles. The summed E-state index contributed by atoms with van der Waals surface area (Å²) in [6.07, 6.45) is 4.35. The minimum absolute atomic E-state index is 0.183. The number of hydrogen-bond acceptors (Lipinski definition) is 3. The van der Waals surface area contributed by atoms with Gasteiger partial charge in [-0.15, -0.1) is 11.3 Å². The Morgan fingerprint density at radius 2 is 2.29 bits per heavy atom. The van der Waals surface area contributed by atoms with Gasteiger partial charge in [-0.05, 0) is 44.4 Å². The minimum atomic E-state index is -0.272. The molecular weight excluding hydrogens is 307 g/mol. The van der Waals surface area contributed by atoms with Crippen molar-refractivity contribution in [3.05, 3.63) is 50.2 Å². The lowest BCUT2D eigenvalue weighted by Gasteiger charge is -2.17. The number of thiazole rings is 1. The van der Waals surface area contributed by atoms with E-state index in [0.29, 0.717) is 10.6 Å². The molecule has 1 aliphatic rings. The molecule has 2 aromatic rings. The summed E-state index contributed by atoms with van der Waals surface area (Å²) < 4.78 is 14.3. The monoisotopic (exact) mass is 324 g/mol. The Bertz CT molecular complexity index is 620. The molecule has 1 aromatic heterocycles. The second kappa shape index (κ2) is 6.42. The molecule has 0 saturated carbocycles. The van der Waals surface area contributed by atoms with Gasteiger partial charge in [0.1, 0.15) is 10.8 Å². The van der Waals surface area contributed by atoms with Gasteiger partial charge in [-0.3, -0.25) is 0 Å². The minimum Gasteiger partial charge on any atom is -0.304 e. The molecule has 1 aliphatic carbocycles. The quantitative estimate of drug-likeness (QED) is 0.875. The summed E-state index contributed by atoms with van der Waals surface area (Å²) in [7, 11) is 0. The molecule has 5 heteroatoms. The zero-order chi connectivity index (χ0) is 14.8. The summed E-state index contributed by atoms with van der Waals surface area (Å²) in [6.45, 7) is 2.93. The number of aryl methyl sites for hydroxylation is 2. The molecule has 112 valence electrons. The first kappa shape index (κ1) is 14.9. The van der Waals surface area contributed by atoms with Gasteiger partial charge in [0, 0.05) is 15.5 Å². The van der Waals surface area contributed by atoms with Crippen molar-refractivity contribution in [1.82, 2.24) is 10.3 Å². The van der Waals surface area contributed by atoms with E-state index in [9.17, 15) is 4.39 Å². The van der Waals surface area contributed by atoms with Gasteiger partial charge in [-0.25, -0.2) is 9.37 Å². The van der Waals surface area contributed by atoms with Crippen molar-refractivity contribution in [2.24, 2.45) is 0 Å². The smallest absolute Gasteiger partial charge is 0.129 e. The molecule has 0 amide bonds. The Hall–Kier alpha value is -0.970. The van der Waals surface area contributed by atoms with Gasteiger partial charge in [-0.2, -0.15) is 0 Å². The molecule has 0 bridgehead atoms. The van der Waals surface area contributed by atoms with Crippen molar-refractivity contribution < 1.29 is 4.39 Å². The second-order valence-corrected chi connectivity index (χ2v) is 6.88. The largest absolute Gasteiger partial charge is 0.304 e. The highest BCUT2D eigenvalue weighted by Gasteiger charge is 2.24. The number of nitrogens with one attached hydrogen (secondary N) is 1. The summed E-state index contributed by atoms with van der Waals surface area (Å²) in [6, 6.07) is 4.69. The van der Waals surface area contributed by atoms with Crippen LogP contribution in [0, 0.1) is 5.82 Å². The SMILES string of the molecule is CCCNC(c1nc2c(s1)CCC2)c1ccc(Cl)cc1F. The van der Waals surface area contributed by atoms with Crippen molar-refractivity contribution in [3.8, 4) is 0 Å². The number of benzene rings is 1. The average molecular weight is 325 g/mol. The molecule has 0 saturated heterocycles. The van der Waals surface area contributed by atoms with Gasteiger partial charge in [-0.1, -0.05) is 24.6 Å². The lowest BCUT2D eigenvalue weighted by atomic mass is 10.1. The third-order valence-corrected chi connectivity index (χ3v) is 5.19. The van der Waals surface area contributed by atoms with Crippen molar-refractivity contribution in [2.75, 3.05) is 6.54 Å². The van der Waals surface area contributed by atoms with Crippen LogP contribution in [-0.4, -0.2) is 11.5 Å². The van der Waals surface area contributed by atoms with Gasteiger partial charge in [0.2, 0.25) is 0 Å². The maximum atomic E-state index is 14.3. The summed E-state index contributed by atoms with van der Waals surface area (Å²) in [5, 5.41) is 4.81. The van der Waals surface area contributed by atoms with Crippen molar-refractivity contribution in [2.45, 2.75) is 38.6 Å². The number of fused-ring (bicyclic) bond motifs is 1. The van der Waals surface area contributed by atoms with E-state index in [2.05, 4.69) is 12.2 Å². The van der Waals surface area contributed by atoms with Gasteiger partial charge >= 0.3 is 0 Å². The first-order valence-corrected chi connectivity index (χ1v) is 8.55. The van der Waals surface area contributed by atoms with E-state index < -0.39 is 0 Å². The van der Waals surface area contributed by atoms with Crippen LogP contribution >= 0.6 is 22.9 Å². The molecule has 1 heterocycles. The van der Waals surface area contributed by atoms with Crippen molar-refractivity contribution in [3.63, 3.8) is 0 Å². The second-order valence-electron chi connectivity index (χ2n) is 5.33. The highest BCUT2D eigenvalue weighted by atomic mass is 35.5. The first-order chi connectivity index (χ1) is 10.2. The van der Waals surface area contributed by atoms with Crippen LogP contribution in [0.5, 0.6) is 0 Å². The Kier molecular flexibility index (Phi) is 4.57. The van der Waals surface area contributed by atoms with E-state index in [1.807, 2.05) is 0 Å². The number of halogens is 2. The summed E-state index contributed by atoms with van der Waals surface area (Å²) in [5.74, 6) is -0.272.